The fourth-order valence-corrected chi connectivity index (χ4v) is 2.58. The number of anilines is 1. The molecule has 0 atom stereocenters. The largest absolute Gasteiger partial charge is 0.477 e. The Bertz CT molecular complexity index is 759. The molecule has 9 heteroatoms. The summed E-state index contributed by atoms with van der Waals surface area (Å²) in [4.78, 5) is 39.0. The van der Waals surface area contributed by atoms with Gasteiger partial charge in [-0.1, -0.05) is 0 Å². The second kappa shape index (κ2) is 8.06. The molecule has 0 radical (unpaired) electrons. The second-order valence-electron chi connectivity index (χ2n) is 4.44. The van der Waals surface area contributed by atoms with Crippen LogP contribution in [-0.4, -0.2) is 36.0 Å². The number of carbonyl (C=O) groups is 3. The lowest BCUT2D eigenvalue weighted by Gasteiger charge is -2.09. The van der Waals surface area contributed by atoms with E-state index in [9.17, 15) is 14.4 Å². The minimum Gasteiger partial charge on any atom is -0.477 e. The van der Waals surface area contributed by atoms with E-state index in [2.05, 4.69) is 10.3 Å². The summed E-state index contributed by atoms with van der Waals surface area (Å²) < 4.78 is 10.2. The second-order valence-corrected chi connectivity index (χ2v) is 5.36. The number of amides is 2. The van der Waals surface area contributed by atoms with Crippen molar-refractivity contribution in [2.24, 2.45) is 5.73 Å². The third kappa shape index (κ3) is 4.29. The zero-order valence-electron chi connectivity index (χ0n) is 12.8. The quantitative estimate of drug-likeness (QED) is 0.730. The number of pyridine rings is 1. The molecule has 2 amide bonds. The first-order valence-corrected chi connectivity index (χ1v) is 7.83. The molecule has 2 aromatic rings. The van der Waals surface area contributed by atoms with Crippen molar-refractivity contribution in [3.63, 3.8) is 0 Å². The number of rotatable bonds is 7. The molecule has 0 bridgehead atoms. The number of esters is 1. The first kappa shape index (κ1) is 17.4. The lowest BCUT2D eigenvalue weighted by molar-refractivity contribution is -0.119. The summed E-state index contributed by atoms with van der Waals surface area (Å²) in [5, 5.41) is 4.40. The zero-order chi connectivity index (χ0) is 17.5. The van der Waals surface area contributed by atoms with Crippen molar-refractivity contribution >= 4 is 34.1 Å². The first-order valence-electron chi connectivity index (χ1n) is 6.95. The molecule has 0 aliphatic carbocycles. The maximum absolute atomic E-state index is 12.0. The normalized spacial score (nSPS) is 10.0. The molecule has 2 heterocycles. The third-order valence-corrected chi connectivity index (χ3v) is 3.62. The van der Waals surface area contributed by atoms with Crippen molar-refractivity contribution in [3.05, 3.63) is 40.9 Å². The Morgan fingerprint density at radius 2 is 2.08 bits per heavy atom. The van der Waals surface area contributed by atoms with Crippen LogP contribution in [0.5, 0.6) is 5.88 Å². The van der Waals surface area contributed by atoms with Crippen LogP contribution in [0, 0.1) is 0 Å². The Morgan fingerprint density at radius 1 is 1.29 bits per heavy atom. The van der Waals surface area contributed by atoms with Gasteiger partial charge in [-0.25, -0.2) is 9.78 Å². The van der Waals surface area contributed by atoms with Crippen LogP contribution in [0.4, 0.5) is 5.00 Å². The molecule has 8 nitrogen and oxygen atoms in total. The Hall–Kier alpha value is -2.94. The maximum Gasteiger partial charge on any atom is 0.344 e. The van der Waals surface area contributed by atoms with Crippen molar-refractivity contribution in [2.75, 3.05) is 18.5 Å². The monoisotopic (exact) mass is 349 g/mol. The number of nitrogens with zero attached hydrogens (tertiary/aromatic N) is 1. The number of hydrogen-bond donors (Lipinski definition) is 2. The molecule has 0 aliphatic heterocycles. The van der Waals surface area contributed by atoms with Gasteiger partial charge in [-0.3, -0.25) is 9.59 Å². The van der Waals surface area contributed by atoms with Gasteiger partial charge in [0.25, 0.3) is 11.8 Å². The number of carbonyl (C=O) groups excluding carboxylic acids is 3. The van der Waals surface area contributed by atoms with E-state index >= 15 is 0 Å². The molecule has 2 aromatic heterocycles. The van der Waals surface area contributed by atoms with Crippen molar-refractivity contribution in [1.29, 1.82) is 0 Å². The van der Waals surface area contributed by atoms with Gasteiger partial charge in [0.05, 0.1) is 12.2 Å². The lowest BCUT2D eigenvalue weighted by atomic mass is 10.3. The summed E-state index contributed by atoms with van der Waals surface area (Å²) in [5.41, 5.74) is 5.51. The maximum atomic E-state index is 12.0. The van der Waals surface area contributed by atoms with Crippen molar-refractivity contribution in [2.45, 2.75) is 6.92 Å². The summed E-state index contributed by atoms with van der Waals surface area (Å²) in [6.45, 7) is 1.58. The molecule has 0 unspecified atom stereocenters. The smallest absolute Gasteiger partial charge is 0.344 e. The van der Waals surface area contributed by atoms with Crippen LogP contribution >= 0.6 is 11.3 Å². The number of primary amides is 1. The highest BCUT2D eigenvalue weighted by Crippen LogP contribution is 2.22. The topological polar surface area (TPSA) is 121 Å². The van der Waals surface area contributed by atoms with Gasteiger partial charge in [0.15, 0.2) is 6.61 Å². The van der Waals surface area contributed by atoms with Crippen LogP contribution in [0.25, 0.3) is 0 Å². The number of nitrogens with one attached hydrogen (secondary N) is 1. The average Bonchev–Trinajstić information content (AvgIpc) is 3.02. The molecule has 0 saturated carbocycles. The van der Waals surface area contributed by atoms with E-state index in [1.807, 2.05) is 0 Å². The van der Waals surface area contributed by atoms with E-state index in [0.717, 1.165) is 11.3 Å². The molecule has 0 spiro atoms. The van der Waals surface area contributed by atoms with Crippen LogP contribution in [0.1, 0.15) is 27.6 Å². The number of thiophene rings is 1. The van der Waals surface area contributed by atoms with E-state index in [-0.39, 0.29) is 17.0 Å². The fourth-order valence-electron chi connectivity index (χ4n) is 1.77. The number of ether oxygens (including phenoxy) is 2. The van der Waals surface area contributed by atoms with Gasteiger partial charge in [0.1, 0.15) is 10.6 Å². The molecular formula is C15H15N3O5S. The Balaban J connectivity index is 1.95. The SMILES string of the molecule is CCOc1ncccc1C(=O)OCC(=O)Nc1sccc1C(N)=O. The minimum atomic E-state index is -0.733. The fraction of sp³-hybridized carbons (Fsp3) is 0.200. The lowest BCUT2D eigenvalue weighted by Crippen LogP contribution is -2.22. The average molecular weight is 349 g/mol. The summed E-state index contributed by atoms with van der Waals surface area (Å²) in [5.74, 6) is -1.84. The number of hydrogen-bond acceptors (Lipinski definition) is 7. The molecule has 0 aliphatic rings. The predicted molar refractivity (Wildman–Crippen MR) is 87.2 cm³/mol. The van der Waals surface area contributed by atoms with E-state index in [1.54, 1.807) is 18.4 Å². The predicted octanol–water partition coefficient (Wildman–Crippen LogP) is 1.44. The van der Waals surface area contributed by atoms with Gasteiger partial charge >= 0.3 is 5.97 Å². The number of nitrogens with two attached hydrogens (primary N) is 1. The van der Waals surface area contributed by atoms with Crippen LogP contribution < -0.4 is 15.8 Å². The summed E-state index contributed by atoms with van der Waals surface area (Å²) in [6.07, 6.45) is 1.48. The van der Waals surface area contributed by atoms with Gasteiger partial charge in [-0.05, 0) is 30.5 Å². The molecular weight excluding hydrogens is 334 g/mol. The first-order chi connectivity index (χ1) is 11.5. The Morgan fingerprint density at radius 3 is 2.79 bits per heavy atom. The molecule has 24 heavy (non-hydrogen) atoms. The highest BCUT2D eigenvalue weighted by molar-refractivity contribution is 7.14. The van der Waals surface area contributed by atoms with Crippen LogP contribution in [0.15, 0.2) is 29.8 Å². The van der Waals surface area contributed by atoms with Crippen molar-refractivity contribution in [3.8, 4) is 5.88 Å². The molecule has 0 saturated heterocycles. The highest BCUT2D eigenvalue weighted by atomic mass is 32.1. The minimum absolute atomic E-state index is 0.126. The summed E-state index contributed by atoms with van der Waals surface area (Å²) in [6, 6.07) is 4.55. The zero-order valence-corrected chi connectivity index (χ0v) is 13.6. The van der Waals surface area contributed by atoms with Crippen LogP contribution in [-0.2, 0) is 9.53 Å². The highest BCUT2D eigenvalue weighted by Gasteiger charge is 2.17. The Kier molecular flexibility index (Phi) is 5.85. The molecule has 0 aromatic carbocycles. The van der Waals surface area contributed by atoms with Crippen LogP contribution in [0.3, 0.4) is 0 Å². The van der Waals surface area contributed by atoms with E-state index in [0.29, 0.717) is 11.6 Å². The van der Waals surface area contributed by atoms with E-state index < -0.39 is 24.4 Å². The van der Waals surface area contributed by atoms with Gasteiger partial charge in [0, 0.05) is 6.20 Å². The van der Waals surface area contributed by atoms with Crippen molar-refractivity contribution < 1.29 is 23.9 Å². The molecule has 126 valence electrons. The van der Waals surface area contributed by atoms with E-state index in [4.69, 9.17) is 15.2 Å². The third-order valence-electron chi connectivity index (χ3n) is 2.79. The summed E-state index contributed by atoms with van der Waals surface area (Å²) in [7, 11) is 0. The molecule has 3 N–H and O–H groups in total. The summed E-state index contributed by atoms with van der Waals surface area (Å²) >= 11 is 1.14. The van der Waals surface area contributed by atoms with Gasteiger partial charge in [-0.2, -0.15) is 0 Å². The number of aromatic nitrogens is 1. The van der Waals surface area contributed by atoms with Gasteiger partial charge < -0.3 is 20.5 Å². The Labute approximate surface area is 141 Å². The van der Waals surface area contributed by atoms with Gasteiger partial charge in [-0.15, -0.1) is 11.3 Å². The molecule has 2 rings (SSSR count). The van der Waals surface area contributed by atoms with Gasteiger partial charge in [0.2, 0.25) is 5.88 Å². The molecule has 0 fully saturated rings. The van der Waals surface area contributed by atoms with E-state index in [1.165, 1.54) is 18.3 Å². The van der Waals surface area contributed by atoms with Crippen LogP contribution in [0.2, 0.25) is 0 Å². The standard InChI is InChI=1S/C15H15N3O5S/c1-2-22-13-10(4-3-6-17-13)15(21)23-8-11(19)18-14-9(12(16)20)5-7-24-14/h3-7H,2,8H2,1H3,(H2,16,20)(H,18,19). The van der Waals surface area contributed by atoms with Crippen molar-refractivity contribution in [1.82, 2.24) is 4.98 Å².